The van der Waals surface area contributed by atoms with E-state index >= 15 is 0 Å². The number of benzene rings is 1. The summed E-state index contributed by atoms with van der Waals surface area (Å²) in [7, 11) is 1.61. The number of carbonyl (C=O) groups is 1. The summed E-state index contributed by atoms with van der Waals surface area (Å²) in [6, 6.07) is 10.0. The minimum absolute atomic E-state index is 0.146. The van der Waals surface area contributed by atoms with Gasteiger partial charge in [-0.1, -0.05) is 24.3 Å². The van der Waals surface area contributed by atoms with Crippen molar-refractivity contribution in [1.29, 1.82) is 0 Å². The monoisotopic (exact) mass is 352 g/mol. The number of carbonyl (C=O) groups excluding carboxylic acids is 1. The molecule has 3 rings (SSSR count). The van der Waals surface area contributed by atoms with Crippen LogP contribution >= 0.6 is 0 Å². The van der Waals surface area contributed by atoms with Crippen molar-refractivity contribution in [2.45, 2.75) is 26.8 Å². The van der Waals surface area contributed by atoms with Crippen molar-refractivity contribution in [3.8, 4) is 11.3 Å². The Bertz CT molecular complexity index is 931. The predicted octanol–water partition coefficient (Wildman–Crippen LogP) is 3.36. The molecule has 0 unspecified atom stereocenters. The fourth-order valence-electron chi connectivity index (χ4n) is 2.94. The number of aryl methyl sites for hydroxylation is 1. The molecule has 3 aromatic rings. The van der Waals surface area contributed by atoms with E-state index in [1.807, 2.05) is 55.8 Å². The third-order valence-electron chi connectivity index (χ3n) is 4.31. The highest BCUT2D eigenvalue weighted by molar-refractivity contribution is 6.06. The van der Waals surface area contributed by atoms with E-state index in [9.17, 15) is 4.79 Å². The number of pyridine rings is 1. The Kier molecular flexibility index (Phi) is 5.32. The highest BCUT2D eigenvalue weighted by Gasteiger charge is 2.18. The second-order valence-corrected chi connectivity index (χ2v) is 6.54. The van der Waals surface area contributed by atoms with Gasteiger partial charge in [0.1, 0.15) is 0 Å². The molecule has 0 aliphatic carbocycles. The molecule has 0 bridgehead atoms. The van der Waals surface area contributed by atoms with Gasteiger partial charge in [-0.2, -0.15) is 5.10 Å². The summed E-state index contributed by atoms with van der Waals surface area (Å²) in [5.74, 6) is -0.146. The molecule has 26 heavy (non-hydrogen) atoms. The van der Waals surface area contributed by atoms with Crippen LogP contribution in [0.15, 0.2) is 36.5 Å². The van der Waals surface area contributed by atoms with Gasteiger partial charge >= 0.3 is 0 Å². The molecule has 2 heterocycles. The fraction of sp³-hybridized carbons (Fsp3) is 0.350. The Morgan fingerprint density at radius 3 is 2.77 bits per heavy atom. The average Bonchev–Trinajstić information content (AvgIpc) is 3.05. The standard InChI is InChI=1S/C20H24N4O2/c1-13(2)24-19-17(12-22-24)16(20(25)21-9-10-26-4)11-18(23-19)15-8-6-5-7-14(15)3/h5-8,11-13H,9-10H2,1-4H3,(H,21,25). The zero-order valence-corrected chi connectivity index (χ0v) is 15.6. The average molecular weight is 352 g/mol. The van der Waals surface area contributed by atoms with Crippen LogP contribution < -0.4 is 5.32 Å². The van der Waals surface area contributed by atoms with Crippen LogP contribution in [-0.4, -0.2) is 40.9 Å². The first-order chi connectivity index (χ1) is 12.5. The summed E-state index contributed by atoms with van der Waals surface area (Å²) in [6.07, 6.45) is 1.72. The molecular weight excluding hydrogens is 328 g/mol. The molecule has 2 aromatic heterocycles. The van der Waals surface area contributed by atoms with Crippen LogP contribution in [0.25, 0.3) is 22.3 Å². The lowest BCUT2D eigenvalue weighted by atomic mass is 10.0. The van der Waals surface area contributed by atoms with Gasteiger partial charge in [-0.05, 0) is 32.4 Å². The summed E-state index contributed by atoms with van der Waals surface area (Å²) >= 11 is 0. The quantitative estimate of drug-likeness (QED) is 0.691. The predicted molar refractivity (Wildman–Crippen MR) is 102 cm³/mol. The lowest BCUT2D eigenvalue weighted by Gasteiger charge is -2.12. The molecule has 0 saturated carbocycles. The van der Waals surface area contributed by atoms with Gasteiger partial charge in [0.05, 0.1) is 29.4 Å². The summed E-state index contributed by atoms with van der Waals surface area (Å²) in [5.41, 5.74) is 4.20. The van der Waals surface area contributed by atoms with Crippen LogP contribution in [0.4, 0.5) is 0 Å². The number of amides is 1. The van der Waals surface area contributed by atoms with Crippen molar-refractivity contribution in [3.63, 3.8) is 0 Å². The smallest absolute Gasteiger partial charge is 0.252 e. The minimum Gasteiger partial charge on any atom is -0.383 e. The van der Waals surface area contributed by atoms with Crippen LogP contribution in [0.5, 0.6) is 0 Å². The van der Waals surface area contributed by atoms with E-state index in [4.69, 9.17) is 9.72 Å². The van der Waals surface area contributed by atoms with E-state index in [1.54, 1.807) is 13.3 Å². The van der Waals surface area contributed by atoms with Gasteiger partial charge in [0.25, 0.3) is 5.91 Å². The van der Waals surface area contributed by atoms with E-state index in [0.717, 1.165) is 27.9 Å². The number of hydrogen-bond donors (Lipinski definition) is 1. The fourth-order valence-corrected chi connectivity index (χ4v) is 2.94. The second-order valence-electron chi connectivity index (χ2n) is 6.54. The zero-order chi connectivity index (χ0) is 18.7. The Morgan fingerprint density at radius 1 is 1.31 bits per heavy atom. The largest absolute Gasteiger partial charge is 0.383 e. The Hall–Kier alpha value is -2.73. The van der Waals surface area contributed by atoms with Gasteiger partial charge in [-0.3, -0.25) is 4.79 Å². The normalized spacial score (nSPS) is 11.3. The van der Waals surface area contributed by atoms with E-state index < -0.39 is 0 Å². The first-order valence-electron chi connectivity index (χ1n) is 8.74. The summed E-state index contributed by atoms with van der Waals surface area (Å²) < 4.78 is 6.87. The van der Waals surface area contributed by atoms with Crippen LogP contribution in [0.1, 0.15) is 35.8 Å². The maximum Gasteiger partial charge on any atom is 0.252 e. The van der Waals surface area contributed by atoms with Crippen LogP contribution in [0.2, 0.25) is 0 Å². The first kappa shape index (κ1) is 18.1. The topological polar surface area (TPSA) is 69.0 Å². The molecule has 136 valence electrons. The lowest BCUT2D eigenvalue weighted by molar-refractivity contribution is 0.0938. The van der Waals surface area contributed by atoms with Crippen LogP contribution in [0, 0.1) is 6.92 Å². The summed E-state index contributed by atoms with van der Waals surface area (Å²) in [4.78, 5) is 17.6. The van der Waals surface area contributed by atoms with E-state index in [0.29, 0.717) is 18.7 Å². The van der Waals surface area contributed by atoms with Gasteiger partial charge < -0.3 is 10.1 Å². The van der Waals surface area contributed by atoms with Crippen molar-refractivity contribution in [3.05, 3.63) is 47.7 Å². The number of ether oxygens (including phenoxy) is 1. The van der Waals surface area contributed by atoms with Crippen LogP contribution in [-0.2, 0) is 4.74 Å². The molecule has 0 radical (unpaired) electrons. The maximum absolute atomic E-state index is 12.7. The molecule has 0 spiro atoms. The lowest BCUT2D eigenvalue weighted by Crippen LogP contribution is -2.27. The van der Waals surface area contributed by atoms with Crippen molar-refractivity contribution in [2.75, 3.05) is 20.3 Å². The third kappa shape index (κ3) is 3.46. The van der Waals surface area contributed by atoms with Crippen LogP contribution in [0.3, 0.4) is 0 Å². The molecule has 6 heteroatoms. The molecule has 1 amide bonds. The summed E-state index contributed by atoms with van der Waals surface area (Å²) in [5, 5.41) is 8.09. The maximum atomic E-state index is 12.7. The van der Waals surface area contributed by atoms with Crippen molar-refractivity contribution in [2.24, 2.45) is 0 Å². The van der Waals surface area contributed by atoms with Crippen molar-refractivity contribution >= 4 is 16.9 Å². The van der Waals surface area contributed by atoms with Crippen molar-refractivity contribution in [1.82, 2.24) is 20.1 Å². The van der Waals surface area contributed by atoms with E-state index in [2.05, 4.69) is 10.4 Å². The molecule has 1 N–H and O–H groups in total. The molecular formula is C20H24N4O2. The number of hydrogen-bond acceptors (Lipinski definition) is 4. The molecule has 0 aliphatic heterocycles. The van der Waals surface area contributed by atoms with Gasteiger partial charge in [-0.25, -0.2) is 9.67 Å². The minimum atomic E-state index is -0.146. The third-order valence-corrected chi connectivity index (χ3v) is 4.31. The van der Waals surface area contributed by atoms with E-state index in [-0.39, 0.29) is 11.9 Å². The first-order valence-corrected chi connectivity index (χ1v) is 8.74. The van der Waals surface area contributed by atoms with Crippen molar-refractivity contribution < 1.29 is 9.53 Å². The zero-order valence-electron chi connectivity index (χ0n) is 15.6. The van der Waals surface area contributed by atoms with Gasteiger partial charge in [0.15, 0.2) is 5.65 Å². The van der Waals surface area contributed by atoms with Gasteiger partial charge in [0.2, 0.25) is 0 Å². The number of nitrogens with one attached hydrogen (secondary N) is 1. The number of aromatic nitrogens is 3. The number of methoxy groups -OCH3 is 1. The number of nitrogens with zero attached hydrogens (tertiary/aromatic N) is 3. The Labute approximate surface area is 153 Å². The number of fused-ring (bicyclic) bond motifs is 1. The second kappa shape index (κ2) is 7.66. The Balaban J connectivity index is 2.16. The van der Waals surface area contributed by atoms with Gasteiger partial charge in [-0.15, -0.1) is 0 Å². The van der Waals surface area contributed by atoms with E-state index in [1.165, 1.54) is 0 Å². The number of rotatable bonds is 6. The molecule has 0 aliphatic rings. The SMILES string of the molecule is COCCNC(=O)c1cc(-c2ccccc2C)nc2c1cnn2C(C)C. The molecule has 1 aromatic carbocycles. The van der Waals surface area contributed by atoms with Gasteiger partial charge in [0, 0.05) is 25.3 Å². The molecule has 0 atom stereocenters. The highest BCUT2D eigenvalue weighted by atomic mass is 16.5. The Morgan fingerprint density at radius 2 is 2.08 bits per heavy atom. The highest BCUT2D eigenvalue weighted by Crippen LogP contribution is 2.28. The molecule has 6 nitrogen and oxygen atoms in total. The summed E-state index contributed by atoms with van der Waals surface area (Å²) in [6.45, 7) is 7.06. The molecule has 0 fully saturated rings. The molecule has 0 saturated heterocycles.